The summed E-state index contributed by atoms with van der Waals surface area (Å²) < 4.78 is 2.93. The molecule has 0 aromatic carbocycles. The third kappa shape index (κ3) is 1.63. The summed E-state index contributed by atoms with van der Waals surface area (Å²) in [4.78, 5) is 12.5. The minimum atomic E-state index is 0.872. The summed E-state index contributed by atoms with van der Waals surface area (Å²) in [6.45, 7) is 3.97. The fourth-order valence-corrected chi connectivity index (χ4v) is 1.75. The van der Waals surface area contributed by atoms with Crippen LogP contribution in [0.1, 0.15) is 11.5 Å². The van der Waals surface area contributed by atoms with Crippen molar-refractivity contribution in [2.24, 2.45) is 0 Å². The Bertz CT molecular complexity index is 444. The number of hydrogen-bond acceptors (Lipinski definition) is 3. The SMILES string of the molecule is Cc1cnc(C)n1-c1cc(I)ncn1. The van der Waals surface area contributed by atoms with Gasteiger partial charge in [0.1, 0.15) is 21.7 Å². The molecule has 5 heteroatoms. The third-order valence-corrected chi connectivity index (χ3v) is 2.55. The fourth-order valence-electron chi connectivity index (χ4n) is 1.35. The molecule has 72 valence electrons. The summed E-state index contributed by atoms with van der Waals surface area (Å²) in [5.41, 5.74) is 1.08. The lowest BCUT2D eigenvalue weighted by molar-refractivity contribution is 0.888. The van der Waals surface area contributed by atoms with E-state index < -0.39 is 0 Å². The first-order valence-corrected chi connectivity index (χ1v) is 5.25. The van der Waals surface area contributed by atoms with Gasteiger partial charge in [0, 0.05) is 18.0 Å². The molecule has 0 bridgehead atoms. The molecule has 2 heterocycles. The highest BCUT2D eigenvalue weighted by Gasteiger charge is 2.06. The Hall–Kier alpha value is -0.980. The lowest BCUT2D eigenvalue weighted by atomic mass is 10.5. The Morgan fingerprint density at radius 3 is 2.57 bits per heavy atom. The Morgan fingerprint density at radius 2 is 2.00 bits per heavy atom. The molecule has 2 aromatic rings. The molecule has 0 unspecified atom stereocenters. The van der Waals surface area contributed by atoms with Crippen molar-refractivity contribution in [2.75, 3.05) is 0 Å². The minimum Gasteiger partial charge on any atom is -0.285 e. The lowest BCUT2D eigenvalue weighted by Gasteiger charge is -2.05. The molecule has 2 rings (SSSR count). The molecule has 4 nitrogen and oxygen atoms in total. The van der Waals surface area contributed by atoms with E-state index in [4.69, 9.17) is 0 Å². The van der Waals surface area contributed by atoms with E-state index in [0.717, 1.165) is 21.0 Å². The Balaban J connectivity index is 2.59. The van der Waals surface area contributed by atoms with Gasteiger partial charge < -0.3 is 0 Å². The van der Waals surface area contributed by atoms with Crippen LogP contribution in [-0.4, -0.2) is 19.5 Å². The molecule has 0 aliphatic carbocycles. The fraction of sp³-hybridized carbons (Fsp3) is 0.222. The van der Waals surface area contributed by atoms with Crippen molar-refractivity contribution in [3.8, 4) is 5.82 Å². The predicted octanol–water partition coefficient (Wildman–Crippen LogP) is 1.88. The van der Waals surface area contributed by atoms with Crippen LogP contribution in [0.25, 0.3) is 5.82 Å². The van der Waals surface area contributed by atoms with Gasteiger partial charge in [0.15, 0.2) is 0 Å². The number of imidazole rings is 1. The Kier molecular flexibility index (Phi) is 2.49. The van der Waals surface area contributed by atoms with Crippen molar-refractivity contribution in [1.29, 1.82) is 0 Å². The largest absolute Gasteiger partial charge is 0.285 e. The lowest BCUT2D eigenvalue weighted by Crippen LogP contribution is -2.02. The molecule has 0 spiro atoms. The second-order valence-corrected chi connectivity index (χ2v) is 4.09. The van der Waals surface area contributed by atoms with E-state index in [1.54, 1.807) is 6.33 Å². The van der Waals surface area contributed by atoms with Gasteiger partial charge in [-0.1, -0.05) is 0 Å². The van der Waals surface area contributed by atoms with Gasteiger partial charge in [0.05, 0.1) is 0 Å². The highest BCUT2D eigenvalue weighted by Crippen LogP contribution is 2.12. The molecular weight excluding hydrogens is 291 g/mol. The number of halogens is 1. The first-order chi connectivity index (χ1) is 6.68. The molecule has 0 amide bonds. The van der Waals surface area contributed by atoms with Gasteiger partial charge in [-0.05, 0) is 36.4 Å². The maximum absolute atomic E-state index is 4.22. The predicted molar refractivity (Wildman–Crippen MR) is 61.3 cm³/mol. The Labute approximate surface area is 95.6 Å². The average molecular weight is 300 g/mol. The van der Waals surface area contributed by atoms with Crippen LogP contribution >= 0.6 is 22.6 Å². The normalized spacial score (nSPS) is 10.5. The van der Waals surface area contributed by atoms with Gasteiger partial charge in [0.25, 0.3) is 0 Å². The molecule has 0 saturated carbocycles. The number of hydrogen-bond donors (Lipinski definition) is 0. The zero-order valence-corrected chi connectivity index (χ0v) is 10.1. The number of aromatic nitrogens is 4. The van der Waals surface area contributed by atoms with Gasteiger partial charge >= 0.3 is 0 Å². The smallest absolute Gasteiger partial charge is 0.142 e. The van der Waals surface area contributed by atoms with Gasteiger partial charge in [-0.2, -0.15) is 0 Å². The van der Waals surface area contributed by atoms with E-state index in [2.05, 4.69) is 37.5 Å². The zero-order chi connectivity index (χ0) is 10.1. The molecule has 14 heavy (non-hydrogen) atoms. The highest BCUT2D eigenvalue weighted by atomic mass is 127. The van der Waals surface area contributed by atoms with E-state index >= 15 is 0 Å². The van der Waals surface area contributed by atoms with Crippen molar-refractivity contribution >= 4 is 22.6 Å². The molecule has 0 atom stereocenters. The summed E-state index contributed by atoms with van der Waals surface area (Å²) in [5, 5.41) is 0. The van der Waals surface area contributed by atoms with Crippen LogP contribution in [0.15, 0.2) is 18.6 Å². The minimum absolute atomic E-state index is 0.872. The first kappa shape index (κ1) is 9.57. The van der Waals surface area contributed by atoms with Crippen molar-refractivity contribution in [2.45, 2.75) is 13.8 Å². The van der Waals surface area contributed by atoms with Crippen LogP contribution in [0.3, 0.4) is 0 Å². The summed E-state index contributed by atoms with van der Waals surface area (Å²) in [6.07, 6.45) is 3.40. The monoisotopic (exact) mass is 300 g/mol. The third-order valence-electron chi connectivity index (χ3n) is 1.96. The van der Waals surface area contributed by atoms with Crippen LogP contribution in [0, 0.1) is 17.5 Å². The molecule has 0 aliphatic heterocycles. The number of aryl methyl sites for hydroxylation is 2. The summed E-state index contributed by atoms with van der Waals surface area (Å²) in [7, 11) is 0. The van der Waals surface area contributed by atoms with Crippen molar-refractivity contribution in [3.05, 3.63) is 33.8 Å². The second-order valence-electron chi connectivity index (χ2n) is 2.98. The van der Waals surface area contributed by atoms with Crippen molar-refractivity contribution < 1.29 is 0 Å². The molecule has 2 aromatic heterocycles. The van der Waals surface area contributed by atoms with Gasteiger partial charge in [0.2, 0.25) is 0 Å². The van der Waals surface area contributed by atoms with E-state index in [-0.39, 0.29) is 0 Å². The highest BCUT2D eigenvalue weighted by molar-refractivity contribution is 14.1. The molecule has 0 radical (unpaired) electrons. The van der Waals surface area contributed by atoms with Crippen LogP contribution in [0.5, 0.6) is 0 Å². The van der Waals surface area contributed by atoms with E-state index in [1.165, 1.54) is 0 Å². The van der Waals surface area contributed by atoms with Crippen LogP contribution in [0.2, 0.25) is 0 Å². The summed E-state index contributed by atoms with van der Waals surface area (Å²) >= 11 is 2.17. The quantitative estimate of drug-likeness (QED) is 0.596. The van der Waals surface area contributed by atoms with Crippen LogP contribution < -0.4 is 0 Å². The zero-order valence-electron chi connectivity index (χ0n) is 7.90. The van der Waals surface area contributed by atoms with Crippen LogP contribution in [0.4, 0.5) is 0 Å². The second kappa shape index (κ2) is 3.64. The first-order valence-electron chi connectivity index (χ1n) is 4.17. The van der Waals surface area contributed by atoms with Crippen LogP contribution in [-0.2, 0) is 0 Å². The van der Waals surface area contributed by atoms with Crippen molar-refractivity contribution in [3.63, 3.8) is 0 Å². The van der Waals surface area contributed by atoms with Gasteiger partial charge in [-0.15, -0.1) is 0 Å². The summed E-state index contributed by atoms with van der Waals surface area (Å²) in [5.74, 6) is 1.81. The van der Waals surface area contributed by atoms with Gasteiger partial charge in [-0.3, -0.25) is 4.57 Å². The molecule has 0 N–H and O–H groups in total. The average Bonchev–Trinajstić information content (AvgIpc) is 2.46. The molecular formula is C9H9IN4. The molecule has 0 saturated heterocycles. The number of rotatable bonds is 1. The van der Waals surface area contributed by atoms with E-state index in [1.807, 2.05) is 30.7 Å². The van der Waals surface area contributed by atoms with Gasteiger partial charge in [-0.25, -0.2) is 15.0 Å². The number of nitrogens with zero attached hydrogens (tertiary/aromatic N) is 4. The standard InChI is InChI=1S/C9H9IN4/c1-6-4-11-7(2)14(6)9-3-8(10)12-5-13-9/h3-5H,1-2H3. The summed E-state index contributed by atoms with van der Waals surface area (Å²) in [6, 6.07) is 1.93. The van der Waals surface area contributed by atoms with Crippen molar-refractivity contribution in [1.82, 2.24) is 19.5 Å². The Morgan fingerprint density at radius 1 is 1.21 bits per heavy atom. The molecule has 0 fully saturated rings. The maximum Gasteiger partial charge on any atom is 0.142 e. The topological polar surface area (TPSA) is 43.6 Å². The van der Waals surface area contributed by atoms with E-state index in [9.17, 15) is 0 Å². The maximum atomic E-state index is 4.22. The molecule has 0 aliphatic rings. The van der Waals surface area contributed by atoms with E-state index in [0.29, 0.717) is 0 Å².